The number of rotatable bonds is 4. The molecule has 2 nitrogen and oxygen atoms in total. The lowest BCUT2D eigenvalue weighted by molar-refractivity contribution is 0.278. The fraction of sp³-hybridized carbons (Fsp3) is 0.611. The second-order valence-corrected chi connectivity index (χ2v) is 7.29. The Hall–Kier alpha value is -1.09. The Morgan fingerprint density at radius 3 is 2.48 bits per heavy atom. The van der Waals surface area contributed by atoms with Crippen LogP contribution in [-0.2, 0) is 0 Å². The van der Waals surface area contributed by atoms with Crippen LogP contribution in [0.3, 0.4) is 0 Å². The van der Waals surface area contributed by atoms with Gasteiger partial charge in [0, 0.05) is 6.04 Å². The molecule has 5 unspecified atom stereocenters. The summed E-state index contributed by atoms with van der Waals surface area (Å²) in [6.45, 7) is 4.46. The molecule has 1 aromatic carbocycles. The van der Waals surface area contributed by atoms with E-state index in [0.29, 0.717) is 6.04 Å². The van der Waals surface area contributed by atoms with Crippen molar-refractivity contribution in [1.29, 1.82) is 0 Å². The van der Waals surface area contributed by atoms with Crippen molar-refractivity contribution in [3.8, 4) is 0 Å². The fourth-order valence-corrected chi connectivity index (χ4v) is 4.65. The van der Waals surface area contributed by atoms with Crippen LogP contribution in [0.15, 0.2) is 30.3 Å². The van der Waals surface area contributed by atoms with Gasteiger partial charge in [0.05, 0.1) is 6.04 Å². The second kappa shape index (κ2) is 6.35. The number of benzene rings is 1. The molecule has 2 fully saturated rings. The van der Waals surface area contributed by atoms with E-state index in [-0.39, 0.29) is 6.04 Å². The van der Waals surface area contributed by atoms with Crippen molar-refractivity contribution in [2.75, 3.05) is 0 Å². The zero-order valence-electron chi connectivity index (χ0n) is 13.0. The van der Waals surface area contributed by atoms with Gasteiger partial charge in [-0.25, -0.2) is 0 Å². The summed E-state index contributed by atoms with van der Waals surface area (Å²) in [5, 5.41) is 7.74. The number of fused-ring (bicyclic) bond motifs is 2. The SMILES string of the molecule is CC(NC(=S)NC(C)C1CC2CCC1C2)c1ccccc1. The van der Waals surface area contributed by atoms with Crippen molar-refractivity contribution in [3.63, 3.8) is 0 Å². The highest BCUT2D eigenvalue weighted by atomic mass is 32.1. The van der Waals surface area contributed by atoms with Crippen molar-refractivity contribution >= 4 is 17.3 Å². The van der Waals surface area contributed by atoms with Gasteiger partial charge in [0.1, 0.15) is 0 Å². The minimum absolute atomic E-state index is 0.249. The summed E-state index contributed by atoms with van der Waals surface area (Å²) in [4.78, 5) is 0. The number of hydrogen-bond donors (Lipinski definition) is 2. The van der Waals surface area contributed by atoms with Gasteiger partial charge in [-0.1, -0.05) is 36.8 Å². The van der Waals surface area contributed by atoms with Crippen LogP contribution in [0.25, 0.3) is 0 Å². The van der Waals surface area contributed by atoms with Gasteiger partial charge in [-0.2, -0.15) is 0 Å². The Balaban J connectivity index is 1.50. The van der Waals surface area contributed by atoms with Crippen LogP contribution in [-0.4, -0.2) is 11.2 Å². The topological polar surface area (TPSA) is 24.1 Å². The largest absolute Gasteiger partial charge is 0.360 e. The van der Waals surface area contributed by atoms with Crippen LogP contribution < -0.4 is 10.6 Å². The third kappa shape index (κ3) is 3.39. The summed E-state index contributed by atoms with van der Waals surface area (Å²) < 4.78 is 0. The molecule has 2 bridgehead atoms. The van der Waals surface area contributed by atoms with Gasteiger partial charge in [-0.05, 0) is 68.6 Å². The summed E-state index contributed by atoms with van der Waals surface area (Å²) in [5.74, 6) is 2.75. The molecule has 2 aliphatic carbocycles. The zero-order chi connectivity index (χ0) is 14.8. The van der Waals surface area contributed by atoms with E-state index >= 15 is 0 Å². The van der Waals surface area contributed by atoms with Gasteiger partial charge in [0.25, 0.3) is 0 Å². The number of thiocarbonyl (C=S) groups is 1. The van der Waals surface area contributed by atoms with Gasteiger partial charge >= 0.3 is 0 Å². The molecule has 0 aliphatic heterocycles. The van der Waals surface area contributed by atoms with Gasteiger partial charge in [0.2, 0.25) is 0 Å². The first-order valence-corrected chi connectivity index (χ1v) is 8.66. The first-order chi connectivity index (χ1) is 10.1. The quantitative estimate of drug-likeness (QED) is 0.821. The van der Waals surface area contributed by atoms with Crippen molar-refractivity contribution in [3.05, 3.63) is 35.9 Å². The highest BCUT2D eigenvalue weighted by molar-refractivity contribution is 7.80. The first-order valence-electron chi connectivity index (χ1n) is 8.25. The summed E-state index contributed by atoms with van der Waals surface area (Å²) in [6, 6.07) is 11.2. The fourth-order valence-electron chi connectivity index (χ4n) is 4.28. The van der Waals surface area contributed by atoms with Crippen LogP contribution in [0.5, 0.6) is 0 Å². The molecule has 3 heteroatoms. The Bertz CT molecular complexity index is 487. The molecule has 0 spiro atoms. The average Bonchev–Trinajstić information content (AvgIpc) is 3.10. The molecule has 0 aromatic heterocycles. The van der Waals surface area contributed by atoms with E-state index in [1.807, 2.05) is 6.07 Å². The summed E-state index contributed by atoms with van der Waals surface area (Å²) in [7, 11) is 0. The lowest BCUT2D eigenvalue weighted by Gasteiger charge is -2.30. The molecule has 114 valence electrons. The Labute approximate surface area is 133 Å². The minimum Gasteiger partial charge on any atom is -0.360 e. The molecule has 5 atom stereocenters. The molecular formula is C18H26N2S. The first kappa shape index (κ1) is 14.8. The lowest BCUT2D eigenvalue weighted by atomic mass is 9.84. The van der Waals surface area contributed by atoms with Crippen molar-refractivity contribution in [2.24, 2.45) is 17.8 Å². The van der Waals surface area contributed by atoms with Gasteiger partial charge < -0.3 is 10.6 Å². The van der Waals surface area contributed by atoms with Crippen LogP contribution in [0.2, 0.25) is 0 Å². The standard InChI is InChI=1S/C18H26N2S/c1-12(15-6-4-3-5-7-15)19-18(21)20-13(2)17-11-14-8-9-16(17)10-14/h3-7,12-14,16-17H,8-11H2,1-2H3,(H2,19,20,21). The van der Waals surface area contributed by atoms with Crippen LogP contribution in [0, 0.1) is 17.8 Å². The summed E-state index contributed by atoms with van der Waals surface area (Å²) in [5.41, 5.74) is 1.27. The average molecular weight is 302 g/mol. The van der Waals surface area contributed by atoms with Crippen LogP contribution in [0.1, 0.15) is 51.1 Å². The Morgan fingerprint density at radius 2 is 1.86 bits per heavy atom. The maximum Gasteiger partial charge on any atom is 0.166 e. The summed E-state index contributed by atoms with van der Waals surface area (Å²) in [6.07, 6.45) is 5.75. The predicted molar refractivity (Wildman–Crippen MR) is 92.1 cm³/mol. The Morgan fingerprint density at radius 1 is 1.10 bits per heavy atom. The van der Waals surface area contributed by atoms with Gasteiger partial charge in [0.15, 0.2) is 5.11 Å². The zero-order valence-corrected chi connectivity index (χ0v) is 13.8. The molecule has 0 saturated heterocycles. The molecule has 0 amide bonds. The smallest absolute Gasteiger partial charge is 0.166 e. The van der Waals surface area contributed by atoms with Crippen molar-refractivity contribution in [1.82, 2.24) is 10.6 Å². The summed E-state index contributed by atoms with van der Waals surface area (Å²) >= 11 is 5.51. The van der Waals surface area contributed by atoms with Crippen molar-refractivity contribution < 1.29 is 0 Å². The molecule has 3 rings (SSSR count). The molecule has 2 saturated carbocycles. The highest BCUT2D eigenvalue weighted by Gasteiger charge is 2.41. The van der Waals surface area contributed by atoms with E-state index in [1.165, 1.54) is 31.2 Å². The predicted octanol–water partition coefficient (Wildman–Crippen LogP) is 4.04. The van der Waals surface area contributed by atoms with E-state index in [0.717, 1.165) is 22.9 Å². The maximum atomic E-state index is 5.51. The molecule has 21 heavy (non-hydrogen) atoms. The molecule has 2 aliphatic rings. The Kier molecular flexibility index (Phi) is 4.48. The van der Waals surface area contributed by atoms with Gasteiger partial charge in [-0.3, -0.25) is 0 Å². The van der Waals surface area contributed by atoms with Crippen LogP contribution in [0.4, 0.5) is 0 Å². The van der Waals surface area contributed by atoms with E-state index < -0.39 is 0 Å². The molecule has 0 heterocycles. The van der Waals surface area contributed by atoms with Crippen molar-refractivity contribution in [2.45, 2.75) is 51.6 Å². The molecule has 2 N–H and O–H groups in total. The molecule has 0 radical (unpaired) electrons. The van der Waals surface area contributed by atoms with E-state index in [4.69, 9.17) is 12.2 Å². The van der Waals surface area contributed by atoms with E-state index in [2.05, 4.69) is 48.7 Å². The number of hydrogen-bond acceptors (Lipinski definition) is 1. The highest BCUT2D eigenvalue weighted by Crippen LogP contribution is 2.49. The second-order valence-electron chi connectivity index (χ2n) is 6.88. The lowest BCUT2D eigenvalue weighted by Crippen LogP contribution is -2.45. The molecule has 1 aromatic rings. The van der Waals surface area contributed by atoms with Crippen LogP contribution >= 0.6 is 12.2 Å². The van der Waals surface area contributed by atoms with E-state index in [9.17, 15) is 0 Å². The number of nitrogens with one attached hydrogen (secondary N) is 2. The minimum atomic E-state index is 0.249. The maximum absolute atomic E-state index is 5.51. The molecular weight excluding hydrogens is 276 g/mol. The third-order valence-corrected chi connectivity index (χ3v) is 5.68. The van der Waals surface area contributed by atoms with E-state index in [1.54, 1.807) is 0 Å². The third-order valence-electron chi connectivity index (χ3n) is 5.44. The van der Waals surface area contributed by atoms with Gasteiger partial charge in [-0.15, -0.1) is 0 Å². The monoisotopic (exact) mass is 302 g/mol. The normalized spacial score (nSPS) is 29.9.